The van der Waals surface area contributed by atoms with Gasteiger partial charge in [-0.25, -0.2) is 4.79 Å². The zero-order chi connectivity index (χ0) is 8.91. The van der Waals surface area contributed by atoms with Crippen LogP contribution in [-0.2, 0) is 9.53 Å². The molecule has 0 saturated heterocycles. The minimum atomic E-state index is -0.814. The Bertz CT molecular complexity index is 153. The predicted octanol–water partition coefficient (Wildman–Crippen LogP) is -0.172. The van der Waals surface area contributed by atoms with Gasteiger partial charge < -0.3 is 4.74 Å². The molecular weight excluding hydrogens is 144 g/mol. The lowest BCUT2D eigenvalue weighted by Crippen LogP contribution is -2.54. The second-order valence-corrected chi connectivity index (χ2v) is 2.16. The van der Waals surface area contributed by atoms with Gasteiger partial charge in [0.25, 0.3) is 0 Å². The molecule has 0 aliphatic carbocycles. The number of hydrogen-bond donors (Lipinski definition) is 2. The second-order valence-electron chi connectivity index (χ2n) is 2.16. The molecule has 0 aliphatic rings. The van der Waals surface area contributed by atoms with Gasteiger partial charge in [-0.3, -0.25) is 10.6 Å². The van der Waals surface area contributed by atoms with Crippen molar-refractivity contribution in [2.45, 2.75) is 12.8 Å². The number of carbonyl (C=O) groups is 1. The monoisotopic (exact) mass is 158 g/mol. The molecule has 0 spiro atoms. The quantitative estimate of drug-likeness (QED) is 0.339. The van der Waals surface area contributed by atoms with E-state index in [0.717, 1.165) is 6.08 Å². The summed E-state index contributed by atoms with van der Waals surface area (Å²) in [6, 6.07) is 0. The zero-order valence-corrected chi connectivity index (χ0v) is 7.10. The van der Waals surface area contributed by atoms with Crippen LogP contribution < -0.4 is 10.6 Å². The third-order valence-corrected chi connectivity index (χ3v) is 1.43. The standard InChI is InChI=1S/C7H14N2O2/c1-5-6(10)11-7(2,8-3)9-4/h5,8-9H,1H2,2-4H3. The van der Waals surface area contributed by atoms with E-state index in [0.29, 0.717) is 0 Å². The summed E-state index contributed by atoms with van der Waals surface area (Å²) < 4.78 is 4.91. The lowest BCUT2D eigenvalue weighted by Gasteiger charge is -2.27. The van der Waals surface area contributed by atoms with Crippen molar-refractivity contribution in [1.29, 1.82) is 0 Å². The number of esters is 1. The van der Waals surface area contributed by atoms with E-state index in [4.69, 9.17) is 4.74 Å². The molecule has 0 aromatic heterocycles. The van der Waals surface area contributed by atoms with Crippen LogP contribution in [0.2, 0.25) is 0 Å². The summed E-state index contributed by atoms with van der Waals surface area (Å²) >= 11 is 0. The first kappa shape index (κ1) is 10.1. The lowest BCUT2D eigenvalue weighted by molar-refractivity contribution is -0.157. The fourth-order valence-corrected chi connectivity index (χ4v) is 0.470. The van der Waals surface area contributed by atoms with Crippen molar-refractivity contribution in [3.8, 4) is 0 Å². The van der Waals surface area contributed by atoms with Gasteiger partial charge in [-0.1, -0.05) is 6.58 Å². The maximum Gasteiger partial charge on any atom is 0.332 e. The Balaban J connectivity index is 4.06. The molecule has 0 atom stereocenters. The maximum absolute atomic E-state index is 10.7. The summed E-state index contributed by atoms with van der Waals surface area (Å²) in [7, 11) is 3.37. The van der Waals surface area contributed by atoms with Gasteiger partial charge in [0.2, 0.25) is 5.85 Å². The Morgan fingerprint density at radius 3 is 2.27 bits per heavy atom. The summed E-state index contributed by atoms with van der Waals surface area (Å²) in [5.74, 6) is -1.28. The number of rotatable bonds is 4. The number of hydrogen-bond acceptors (Lipinski definition) is 4. The number of ether oxygens (including phenoxy) is 1. The highest BCUT2D eigenvalue weighted by molar-refractivity contribution is 5.81. The molecule has 4 heteroatoms. The molecule has 0 fully saturated rings. The van der Waals surface area contributed by atoms with Gasteiger partial charge in [0.05, 0.1) is 0 Å². The Morgan fingerprint density at radius 2 is 2.00 bits per heavy atom. The molecular formula is C7H14N2O2. The Hall–Kier alpha value is -0.870. The first-order chi connectivity index (χ1) is 5.08. The molecule has 0 unspecified atom stereocenters. The van der Waals surface area contributed by atoms with Crippen molar-refractivity contribution in [1.82, 2.24) is 10.6 Å². The molecule has 11 heavy (non-hydrogen) atoms. The molecule has 0 rings (SSSR count). The predicted molar refractivity (Wildman–Crippen MR) is 42.8 cm³/mol. The van der Waals surface area contributed by atoms with E-state index >= 15 is 0 Å². The summed E-state index contributed by atoms with van der Waals surface area (Å²) in [4.78, 5) is 10.7. The third kappa shape index (κ3) is 3.15. The van der Waals surface area contributed by atoms with Crippen molar-refractivity contribution >= 4 is 5.97 Å². The Kier molecular flexibility index (Phi) is 3.78. The molecule has 0 aromatic rings. The van der Waals surface area contributed by atoms with E-state index < -0.39 is 11.8 Å². The molecule has 0 bridgehead atoms. The van der Waals surface area contributed by atoms with Gasteiger partial charge in [-0.2, -0.15) is 0 Å². The molecule has 64 valence electrons. The molecule has 4 nitrogen and oxygen atoms in total. The minimum absolute atomic E-state index is 0.462. The first-order valence-corrected chi connectivity index (χ1v) is 3.31. The normalized spacial score (nSPS) is 10.8. The molecule has 0 amide bonds. The third-order valence-electron chi connectivity index (χ3n) is 1.43. The average Bonchev–Trinajstić information content (AvgIpc) is 2.04. The summed E-state index contributed by atoms with van der Waals surface area (Å²) in [6.45, 7) is 4.99. The van der Waals surface area contributed by atoms with Crippen LogP contribution in [0.1, 0.15) is 6.92 Å². The van der Waals surface area contributed by atoms with Gasteiger partial charge in [-0.05, 0) is 14.1 Å². The van der Waals surface area contributed by atoms with Gasteiger partial charge in [0, 0.05) is 13.0 Å². The minimum Gasteiger partial charge on any atom is -0.427 e. The first-order valence-electron chi connectivity index (χ1n) is 3.31. The highest BCUT2D eigenvalue weighted by Gasteiger charge is 2.22. The van der Waals surface area contributed by atoms with Gasteiger partial charge >= 0.3 is 5.97 Å². The smallest absolute Gasteiger partial charge is 0.332 e. The lowest BCUT2D eigenvalue weighted by atomic mass is 10.4. The molecule has 0 aromatic carbocycles. The fraction of sp³-hybridized carbons (Fsp3) is 0.571. The highest BCUT2D eigenvalue weighted by atomic mass is 16.6. The van der Waals surface area contributed by atoms with Crippen molar-refractivity contribution in [3.05, 3.63) is 12.7 Å². The van der Waals surface area contributed by atoms with Crippen LogP contribution in [-0.4, -0.2) is 25.9 Å². The van der Waals surface area contributed by atoms with Crippen LogP contribution >= 0.6 is 0 Å². The van der Waals surface area contributed by atoms with E-state index in [1.807, 2.05) is 0 Å². The molecule has 2 N–H and O–H groups in total. The SMILES string of the molecule is C=CC(=O)OC(C)(NC)NC. The van der Waals surface area contributed by atoms with E-state index in [2.05, 4.69) is 17.2 Å². The van der Waals surface area contributed by atoms with Crippen LogP contribution in [0.5, 0.6) is 0 Å². The van der Waals surface area contributed by atoms with E-state index in [1.165, 1.54) is 0 Å². The number of carbonyl (C=O) groups excluding carboxylic acids is 1. The van der Waals surface area contributed by atoms with E-state index in [1.54, 1.807) is 21.0 Å². The van der Waals surface area contributed by atoms with Crippen LogP contribution in [0.25, 0.3) is 0 Å². The molecule has 0 aliphatic heterocycles. The summed E-state index contributed by atoms with van der Waals surface area (Å²) in [5.41, 5.74) is 0. The van der Waals surface area contributed by atoms with Crippen molar-refractivity contribution in [2.75, 3.05) is 14.1 Å². The largest absolute Gasteiger partial charge is 0.427 e. The van der Waals surface area contributed by atoms with Crippen LogP contribution in [0.15, 0.2) is 12.7 Å². The topological polar surface area (TPSA) is 50.4 Å². The zero-order valence-electron chi connectivity index (χ0n) is 7.10. The van der Waals surface area contributed by atoms with Crippen LogP contribution in [0.3, 0.4) is 0 Å². The molecule has 0 heterocycles. The Labute approximate surface area is 66.6 Å². The van der Waals surface area contributed by atoms with E-state index in [-0.39, 0.29) is 0 Å². The number of nitrogens with one attached hydrogen (secondary N) is 2. The molecule has 0 saturated carbocycles. The van der Waals surface area contributed by atoms with Gasteiger partial charge in [-0.15, -0.1) is 0 Å². The van der Waals surface area contributed by atoms with Crippen LogP contribution in [0.4, 0.5) is 0 Å². The fourth-order valence-electron chi connectivity index (χ4n) is 0.470. The summed E-state index contributed by atoms with van der Waals surface area (Å²) in [6.07, 6.45) is 1.12. The average molecular weight is 158 g/mol. The second kappa shape index (κ2) is 4.10. The van der Waals surface area contributed by atoms with Crippen molar-refractivity contribution < 1.29 is 9.53 Å². The van der Waals surface area contributed by atoms with Crippen molar-refractivity contribution in [2.24, 2.45) is 0 Å². The highest BCUT2D eigenvalue weighted by Crippen LogP contribution is 1.99. The van der Waals surface area contributed by atoms with Crippen molar-refractivity contribution in [3.63, 3.8) is 0 Å². The Morgan fingerprint density at radius 1 is 1.55 bits per heavy atom. The molecule has 0 radical (unpaired) electrons. The summed E-state index contributed by atoms with van der Waals surface area (Å²) in [5, 5.41) is 5.58. The van der Waals surface area contributed by atoms with Crippen LogP contribution in [0, 0.1) is 0 Å². The van der Waals surface area contributed by atoms with Gasteiger partial charge in [0.1, 0.15) is 0 Å². The van der Waals surface area contributed by atoms with Gasteiger partial charge in [0.15, 0.2) is 0 Å². The van der Waals surface area contributed by atoms with E-state index in [9.17, 15) is 4.79 Å². The maximum atomic E-state index is 10.7.